The second kappa shape index (κ2) is 7.86. The van der Waals surface area contributed by atoms with Crippen LogP contribution in [0.2, 0.25) is 0 Å². The average molecular weight is 365 g/mol. The van der Waals surface area contributed by atoms with Crippen LogP contribution >= 0.6 is 0 Å². The van der Waals surface area contributed by atoms with Gasteiger partial charge >= 0.3 is 0 Å². The SMILES string of the molecule is Cc1c(C)c(C)c(S(=O)(=O)N2CC[NH+](CCCC#N)CC2)c(C)c1C. The van der Waals surface area contributed by atoms with Crippen LogP contribution in [0.5, 0.6) is 0 Å². The fourth-order valence-electron chi connectivity index (χ4n) is 3.69. The van der Waals surface area contributed by atoms with Crippen molar-refractivity contribution in [3.05, 3.63) is 27.8 Å². The molecule has 0 radical (unpaired) electrons. The van der Waals surface area contributed by atoms with E-state index >= 15 is 0 Å². The van der Waals surface area contributed by atoms with E-state index in [4.69, 9.17) is 5.26 Å². The second-order valence-corrected chi connectivity index (χ2v) is 8.99. The summed E-state index contributed by atoms with van der Waals surface area (Å²) >= 11 is 0. The molecule has 25 heavy (non-hydrogen) atoms. The zero-order valence-corrected chi connectivity index (χ0v) is 16.9. The minimum absolute atomic E-state index is 0.501. The molecule has 5 nitrogen and oxygen atoms in total. The molecule has 1 aliphatic heterocycles. The summed E-state index contributed by atoms with van der Waals surface area (Å²) in [6.07, 6.45) is 1.46. The lowest BCUT2D eigenvalue weighted by Crippen LogP contribution is -3.14. The first-order valence-corrected chi connectivity index (χ1v) is 10.4. The maximum atomic E-state index is 13.3. The van der Waals surface area contributed by atoms with Crippen LogP contribution < -0.4 is 4.90 Å². The number of unbranched alkanes of at least 4 members (excludes halogenated alkanes) is 1. The van der Waals surface area contributed by atoms with Crippen LogP contribution in [0.1, 0.15) is 40.7 Å². The van der Waals surface area contributed by atoms with Crippen LogP contribution in [0.25, 0.3) is 0 Å². The minimum Gasteiger partial charge on any atom is -0.333 e. The Bertz CT molecular complexity index is 757. The van der Waals surface area contributed by atoms with E-state index in [2.05, 4.69) is 13.0 Å². The molecular weight excluding hydrogens is 334 g/mol. The number of nitrogens with one attached hydrogen (secondary N) is 1. The van der Waals surface area contributed by atoms with Crippen molar-refractivity contribution in [1.82, 2.24) is 4.31 Å². The second-order valence-electron chi connectivity index (χ2n) is 7.12. The van der Waals surface area contributed by atoms with Gasteiger partial charge in [0.25, 0.3) is 0 Å². The fourth-order valence-corrected chi connectivity index (χ4v) is 5.69. The molecule has 0 atom stereocenters. The Labute approximate surface area is 152 Å². The Kier molecular flexibility index (Phi) is 6.26. The summed E-state index contributed by atoms with van der Waals surface area (Å²) in [5.41, 5.74) is 5.08. The van der Waals surface area contributed by atoms with Gasteiger partial charge in [-0.3, -0.25) is 0 Å². The third-order valence-electron chi connectivity index (χ3n) is 5.78. The molecule has 0 aliphatic carbocycles. The van der Waals surface area contributed by atoms with Crippen LogP contribution in [-0.4, -0.2) is 45.4 Å². The van der Waals surface area contributed by atoms with Crippen molar-refractivity contribution in [1.29, 1.82) is 5.26 Å². The van der Waals surface area contributed by atoms with Crippen LogP contribution in [0.4, 0.5) is 0 Å². The Morgan fingerprint density at radius 1 is 0.960 bits per heavy atom. The molecule has 138 valence electrons. The number of sulfonamides is 1. The number of nitriles is 1. The number of rotatable bonds is 5. The van der Waals surface area contributed by atoms with Gasteiger partial charge in [-0.2, -0.15) is 9.57 Å². The molecule has 1 fully saturated rings. The molecule has 1 N–H and O–H groups in total. The molecule has 1 heterocycles. The molecule has 0 unspecified atom stereocenters. The number of quaternary nitrogens is 1. The largest absolute Gasteiger partial charge is 0.333 e. The van der Waals surface area contributed by atoms with E-state index in [0.29, 0.717) is 24.4 Å². The van der Waals surface area contributed by atoms with E-state index in [1.54, 1.807) is 4.31 Å². The normalized spacial score (nSPS) is 16.8. The van der Waals surface area contributed by atoms with E-state index in [9.17, 15) is 8.42 Å². The third kappa shape index (κ3) is 3.89. The van der Waals surface area contributed by atoms with Crippen molar-refractivity contribution in [3.63, 3.8) is 0 Å². The minimum atomic E-state index is -3.47. The monoisotopic (exact) mass is 364 g/mol. The Hall–Kier alpha value is -1.42. The van der Waals surface area contributed by atoms with Crippen molar-refractivity contribution in [2.45, 2.75) is 52.4 Å². The molecule has 2 rings (SSSR count). The average Bonchev–Trinajstić information content (AvgIpc) is 2.59. The molecule has 0 saturated carbocycles. The van der Waals surface area contributed by atoms with Gasteiger partial charge in [0, 0.05) is 12.8 Å². The maximum absolute atomic E-state index is 13.3. The van der Waals surface area contributed by atoms with Gasteiger partial charge < -0.3 is 4.90 Å². The van der Waals surface area contributed by atoms with Gasteiger partial charge in [-0.1, -0.05) is 0 Å². The van der Waals surface area contributed by atoms with Crippen molar-refractivity contribution in [2.24, 2.45) is 0 Å². The highest BCUT2D eigenvalue weighted by Gasteiger charge is 2.33. The number of nitrogens with zero attached hydrogens (tertiary/aromatic N) is 2. The van der Waals surface area contributed by atoms with Gasteiger partial charge in [0.2, 0.25) is 10.0 Å². The third-order valence-corrected chi connectivity index (χ3v) is 7.95. The van der Waals surface area contributed by atoms with Crippen molar-refractivity contribution >= 4 is 10.0 Å². The van der Waals surface area contributed by atoms with Gasteiger partial charge in [-0.05, 0) is 62.4 Å². The molecule has 0 aromatic heterocycles. The Balaban J connectivity index is 2.23. The highest BCUT2D eigenvalue weighted by molar-refractivity contribution is 7.89. The molecule has 1 aromatic carbocycles. The van der Waals surface area contributed by atoms with Crippen LogP contribution in [0.15, 0.2) is 4.90 Å². The molecular formula is C19H30N3O2S+. The van der Waals surface area contributed by atoms with E-state index in [1.807, 2.05) is 27.7 Å². The van der Waals surface area contributed by atoms with E-state index < -0.39 is 10.0 Å². The summed E-state index contributed by atoms with van der Waals surface area (Å²) in [6.45, 7) is 13.6. The highest BCUT2D eigenvalue weighted by Crippen LogP contribution is 2.31. The summed E-state index contributed by atoms with van der Waals surface area (Å²) < 4.78 is 28.2. The number of benzene rings is 1. The summed E-state index contributed by atoms with van der Waals surface area (Å²) in [6, 6.07) is 2.17. The standard InChI is InChI=1S/C19H29N3O2S/c1-14-15(2)17(4)19(18(5)16(14)3)25(23,24)22-12-10-21(11-13-22)9-7-6-8-20/h6-7,9-13H2,1-5H3/p+1. The van der Waals surface area contributed by atoms with Crippen LogP contribution in [0.3, 0.4) is 0 Å². The number of piperazine rings is 1. The molecule has 0 amide bonds. The molecule has 0 bridgehead atoms. The van der Waals surface area contributed by atoms with Crippen LogP contribution in [0, 0.1) is 45.9 Å². The molecule has 1 aromatic rings. The van der Waals surface area contributed by atoms with E-state index in [1.165, 1.54) is 10.5 Å². The van der Waals surface area contributed by atoms with Crippen molar-refractivity contribution in [2.75, 3.05) is 32.7 Å². The van der Waals surface area contributed by atoms with E-state index in [-0.39, 0.29) is 0 Å². The van der Waals surface area contributed by atoms with Gasteiger partial charge in [0.05, 0.1) is 43.7 Å². The topological polar surface area (TPSA) is 65.6 Å². The predicted octanol–water partition coefficient (Wildman–Crippen LogP) is 1.42. The predicted molar refractivity (Wildman–Crippen MR) is 99.3 cm³/mol. The Morgan fingerprint density at radius 2 is 1.44 bits per heavy atom. The van der Waals surface area contributed by atoms with Crippen molar-refractivity contribution < 1.29 is 13.3 Å². The first-order valence-electron chi connectivity index (χ1n) is 8.99. The van der Waals surface area contributed by atoms with E-state index in [0.717, 1.165) is 48.3 Å². The maximum Gasteiger partial charge on any atom is 0.244 e. The van der Waals surface area contributed by atoms with Gasteiger partial charge in [0.1, 0.15) is 0 Å². The first-order chi connectivity index (χ1) is 11.7. The zero-order chi connectivity index (χ0) is 18.8. The summed E-state index contributed by atoms with van der Waals surface area (Å²) in [7, 11) is -3.47. The molecule has 1 saturated heterocycles. The number of hydrogen-bond donors (Lipinski definition) is 1. The fraction of sp³-hybridized carbons (Fsp3) is 0.632. The summed E-state index contributed by atoms with van der Waals surface area (Å²) in [5, 5.41) is 8.64. The zero-order valence-electron chi connectivity index (χ0n) is 16.1. The summed E-state index contributed by atoms with van der Waals surface area (Å²) in [5.74, 6) is 0. The van der Waals surface area contributed by atoms with Crippen LogP contribution in [-0.2, 0) is 10.0 Å². The lowest BCUT2D eigenvalue weighted by Gasteiger charge is -2.32. The van der Waals surface area contributed by atoms with Gasteiger partial charge in [-0.15, -0.1) is 0 Å². The summed E-state index contributed by atoms with van der Waals surface area (Å²) in [4.78, 5) is 1.90. The van der Waals surface area contributed by atoms with Crippen molar-refractivity contribution in [3.8, 4) is 6.07 Å². The Morgan fingerprint density at radius 3 is 1.92 bits per heavy atom. The molecule has 1 aliphatic rings. The van der Waals surface area contributed by atoms with Gasteiger partial charge in [0.15, 0.2) is 0 Å². The van der Waals surface area contributed by atoms with Gasteiger partial charge in [-0.25, -0.2) is 8.42 Å². The highest BCUT2D eigenvalue weighted by atomic mass is 32.2. The number of hydrogen-bond acceptors (Lipinski definition) is 3. The smallest absolute Gasteiger partial charge is 0.244 e. The lowest BCUT2D eigenvalue weighted by atomic mass is 9.95. The first kappa shape index (κ1) is 19.9. The quantitative estimate of drug-likeness (QED) is 0.804. The molecule has 6 heteroatoms. The lowest BCUT2D eigenvalue weighted by molar-refractivity contribution is -0.903. The molecule has 0 spiro atoms.